The Morgan fingerprint density at radius 2 is 0.574 bits per heavy atom. The van der Waals surface area contributed by atoms with Crippen LogP contribution in [0.2, 0.25) is 0 Å². The number of alkyl carbamates (subject to hydrolysis) is 2. The topological polar surface area (TPSA) is 512 Å². The number of halogens is 1. The number of carbonyl (C=O) groups is 13. The number of nitrogens with one attached hydrogen (secondary N) is 8. The molecule has 41 heteroatoms. The van der Waals surface area contributed by atoms with Crippen molar-refractivity contribution in [2.75, 3.05) is 52.5 Å². The van der Waals surface area contributed by atoms with Gasteiger partial charge in [0.1, 0.15) is 13.2 Å². The third-order valence-corrected chi connectivity index (χ3v) is 23.4. The van der Waals surface area contributed by atoms with Crippen molar-refractivity contribution in [3.05, 3.63) is 76.7 Å². The SMILES string of the molecule is C.C.C.C=CN(C=O)C(=O)NC1CC(C)(C)CC(C)(CN=C=O)C1.C=CN(C=O)C(=O)NC1CC(C)(C)CC(C)(CN=C=O)C1.C=CN(C=O)C(=O)NC1CC(C)(C)CC(C)(CNC(=O)OCCOC(=O)NCC2(C)CC(NC(=O)N(C=C)C=O)CC(C)(C)C2)C1.C=CN(C=O)C(=O)NCC1(C)CC(N=C=O)CC(C)(C)C1.C=CNC=O.CC1(C)CC(N=C=O)CC(C)(CN=C=O)C1.F[N]=[V]. The van der Waals surface area contributed by atoms with Gasteiger partial charge in [0.2, 0.25) is 68.9 Å². The molecule has 0 aromatic heterocycles. The van der Waals surface area contributed by atoms with Gasteiger partial charge in [-0.2, -0.15) is 0 Å². The quantitative estimate of drug-likeness (QED) is 0.0131. The molecule has 0 radical (unpaired) electrons. The second-order valence-corrected chi connectivity index (χ2v) is 41.8. The number of aliphatic imine (C=N–C) groups is 5. The van der Waals surface area contributed by atoms with Gasteiger partial charge in [0.25, 0.3) is 0 Å². The van der Waals surface area contributed by atoms with E-state index in [1.807, 2.05) is 17.9 Å². The first-order valence-electron chi connectivity index (χ1n) is 43.5. The molecule has 39 nitrogen and oxygen atoms in total. The molecule has 6 saturated carbocycles. The monoisotopic (exact) mass is 1950 g/mol. The van der Waals surface area contributed by atoms with Crippen molar-refractivity contribution < 1.29 is 117 Å². The Morgan fingerprint density at radius 3 is 0.801 bits per heavy atom. The van der Waals surface area contributed by atoms with Gasteiger partial charge in [-0.15, -0.1) is 0 Å². The molecular formula is C95H156FN19O20V. The van der Waals surface area contributed by atoms with Crippen molar-refractivity contribution >= 4 is 111 Å². The number of carbonyl (C=O) groups excluding carboxylic acids is 18. The average Bonchev–Trinajstić information content (AvgIpc) is 0.834. The fraction of sp³-hybridized carbons (Fsp3) is 0.684. The van der Waals surface area contributed by atoms with E-state index >= 15 is 0 Å². The van der Waals surface area contributed by atoms with Crippen molar-refractivity contribution in [3.63, 3.8) is 0 Å². The Morgan fingerprint density at radius 1 is 0.353 bits per heavy atom. The van der Waals surface area contributed by atoms with Gasteiger partial charge in [-0.25, -0.2) is 107 Å². The minimum atomic E-state index is -0.650. The van der Waals surface area contributed by atoms with Crippen LogP contribution in [0, 0.1) is 65.0 Å². The van der Waals surface area contributed by atoms with Gasteiger partial charge < -0.3 is 52.0 Å². The third kappa shape index (κ3) is 50.8. The van der Waals surface area contributed by atoms with Gasteiger partial charge in [0.05, 0.1) is 31.7 Å². The Bertz CT molecular complexity index is 4030. The van der Waals surface area contributed by atoms with E-state index in [1.54, 1.807) is 30.4 Å². The number of isocyanates is 5. The fourth-order valence-corrected chi connectivity index (χ4v) is 21.1. The minimum absolute atomic E-state index is 0. The predicted molar refractivity (Wildman–Crippen MR) is 512 cm³/mol. The van der Waals surface area contributed by atoms with Crippen molar-refractivity contribution in [1.29, 1.82) is 0 Å². The number of imide groups is 5. The zero-order valence-corrected chi connectivity index (χ0v) is 82.3. The number of nitrogens with zero attached hydrogens (tertiary/aromatic N) is 11. The van der Waals surface area contributed by atoms with Crippen molar-refractivity contribution in [1.82, 2.24) is 67.0 Å². The fourth-order valence-electron chi connectivity index (χ4n) is 21.1. The van der Waals surface area contributed by atoms with Gasteiger partial charge in [-0.05, 0) is 187 Å². The molecule has 6 rings (SSSR count). The number of ether oxygens (including phenoxy) is 2. The first-order valence-corrected chi connectivity index (χ1v) is 44.1. The van der Waals surface area contributed by atoms with Gasteiger partial charge in [-0.3, -0.25) is 28.8 Å². The number of urea groups is 5. The Hall–Kier alpha value is -11.6. The van der Waals surface area contributed by atoms with Crippen LogP contribution in [0.15, 0.2) is 106 Å². The van der Waals surface area contributed by atoms with E-state index in [9.17, 15) is 90.8 Å². The Balaban J connectivity index is -0.000000824. The third-order valence-electron chi connectivity index (χ3n) is 23.4. The zero-order valence-electron chi connectivity index (χ0n) is 80.9. The molecule has 0 aliphatic heterocycles. The first-order chi connectivity index (χ1) is 61.9. The molecule has 0 saturated heterocycles. The molecule has 763 valence electrons. The molecule has 0 aromatic rings. The van der Waals surface area contributed by atoms with Crippen LogP contribution in [0.5, 0.6) is 0 Å². The molecular weight excluding hydrogens is 1800 g/mol. The molecule has 6 aliphatic carbocycles. The summed E-state index contributed by atoms with van der Waals surface area (Å²) in [4.78, 5) is 224. The Kier molecular flexibility index (Phi) is 59.0. The normalized spacial score (nSPS) is 25.5. The summed E-state index contributed by atoms with van der Waals surface area (Å²) in [6.07, 6.45) is 30.6. The van der Waals surface area contributed by atoms with Crippen LogP contribution in [0.25, 0.3) is 0 Å². The van der Waals surface area contributed by atoms with E-state index in [4.69, 9.17) is 9.47 Å². The maximum atomic E-state index is 12.4. The molecule has 8 N–H and O–H groups in total. The first kappa shape index (κ1) is 131. The second kappa shape index (κ2) is 61.5. The van der Waals surface area contributed by atoms with E-state index in [0.29, 0.717) is 123 Å². The van der Waals surface area contributed by atoms with E-state index in [1.165, 1.54) is 35.8 Å². The van der Waals surface area contributed by atoms with E-state index < -0.39 is 42.3 Å². The second-order valence-electron chi connectivity index (χ2n) is 41.6. The average molecular weight is 1950 g/mol. The summed E-state index contributed by atoms with van der Waals surface area (Å²) >= 11 is 1.42. The molecule has 12 unspecified atom stereocenters. The summed E-state index contributed by atoms with van der Waals surface area (Å²) in [7, 11) is 0. The number of amides is 18. The maximum absolute atomic E-state index is 12.4. The summed E-state index contributed by atoms with van der Waals surface area (Å²) in [5, 5.41) is 22.0. The molecule has 6 fully saturated rings. The van der Waals surface area contributed by atoms with Gasteiger partial charge in [-0.1, -0.05) is 186 Å². The van der Waals surface area contributed by atoms with Gasteiger partial charge in [0.15, 0.2) is 0 Å². The number of rotatable bonds is 33. The van der Waals surface area contributed by atoms with Gasteiger partial charge in [0, 0.05) is 74.8 Å². The predicted octanol–water partition coefficient (Wildman–Crippen LogP) is 15.5. The number of hydrogen-bond acceptors (Lipinski definition) is 26. The van der Waals surface area contributed by atoms with Crippen LogP contribution in [-0.2, 0) is 79.4 Å². The van der Waals surface area contributed by atoms with Crippen LogP contribution < -0.4 is 42.5 Å². The number of hydrogen-bond donors (Lipinski definition) is 8. The standard InChI is InChI=1S/C32H52N6O8.3C15H23N3O3.C12H18N2O2.C3H5NO.3CH4.FN.V/c1-9-37(21-39)25(41)35-23-13-29(3,4)17-31(7,15-23)19-33-27(43)45-11-12-46-28(44)34-20-32(8)16-24(14-30(5,6)18-32)36-26(42)38(10-2)22-40;1-5-18(11-20)13(21)16-9-15(4)7-12(17-10-19)6-14(2,3)8-15;2*1-5-18(11-20)13(21)17-12-6-14(2,3)8-15(4,7-12)9-16-10-19;1-11(2)4-10(14-9-16)5-12(3,6-11)7-13-8-15;1-2-4-3-5;;;;1-2;/h9-10,21-24H,1-2,11-20H2,3-8H3,(H,33,43)(H,34,44)(H,35,41)(H,36,42);5,11-12H,1,6-9H2,2-4H3,(H,16,21);2*5,11-12H,1,6-9H2,2-4H3,(H,17,21);10H,4-7H2,1-3H3;2-3H,1H2,(H,4,5);3*1H4;;. The molecule has 12 atom stereocenters. The van der Waals surface area contributed by atoms with Crippen LogP contribution in [0.3, 0.4) is 0 Å². The van der Waals surface area contributed by atoms with Crippen LogP contribution in [0.1, 0.15) is 262 Å². The molecule has 6 aliphatic rings. The summed E-state index contributed by atoms with van der Waals surface area (Å²) < 4.78 is 22.2. The van der Waals surface area contributed by atoms with E-state index in [2.05, 4.69) is 218 Å². The molecule has 136 heavy (non-hydrogen) atoms. The molecule has 0 spiro atoms. The van der Waals surface area contributed by atoms with Crippen molar-refractivity contribution in [3.8, 4) is 0 Å². The van der Waals surface area contributed by atoms with Gasteiger partial charge >= 0.3 is 68.1 Å². The Labute approximate surface area is 813 Å². The zero-order chi connectivity index (χ0) is 102. The van der Waals surface area contributed by atoms with E-state index in [-0.39, 0.29) is 137 Å². The molecule has 18 amide bonds. The molecule has 0 bridgehead atoms. The summed E-state index contributed by atoms with van der Waals surface area (Å²) in [6.45, 7) is 60.1. The van der Waals surface area contributed by atoms with Crippen molar-refractivity contribution in [2.24, 2.45) is 94.0 Å². The van der Waals surface area contributed by atoms with Crippen LogP contribution in [0.4, 0.5) is 38.0 Å². The van der Waals surface area contributed by atoms with Crippen LogP contribution >= 0.6 is 0 Å². The summed E-state index contributed by atoms with van der Waals surface area (Å²) in [5.74, 6) is 0. The summed E-state index contributed by atoms with van der Waals surface area (Å²) in [6, 6.07) is -3.18. The van der Waals surface area contributed by atoms with Crippen molar-refractivity contribution in [2.45, 2.75) is 299 Å². The van der Waals surface area contributed by atoms with Crippen LogP contribution in [-0.4, -0.2) is 224 Å². The molecule has 0 heterocycles. The summed E-state index contributed by atoms with van der Waals surface area (Å²) in [5.41, 5.74) is -1.34. The molecule has 0 aromatic carbocycles. The van der Waals surface area contributed by atoms with E-state index in [0.717, 1.165) is 114 Å².